The monoisotopic (exact) mass is 374 g/mol. The van der Waals surface area contributed by atoms with E-state index in [1.165, 1.54) is 23.8 Å². The first kappa shape index (κ1) is 19.2. The molecule has 0 bridgehead atoms. The summed E-state index contributed by atoms with van der Waals surface area (Å²) in [6, 6.07) is 15.1. The van der Waals surface area contributed by atoms with Crippen LogP contribution >= 0.6 is 0 Å². The van der Waals surface area contributed by atoms with E-state index < -0.39 is 11.7 Å². The van der Waals surface area contributed by atoms with Gasteiger partial charge in [0.25, 0.3) is 0 Å². The smallest absolute Gasteiger partial charge is 0.337 e. The van der Waals surface area contributed by atoms with Crippen LogP contribution in [0.1, 0.15) is 16.7 Å². The van der Waals surface area contributed by atoms with Gasteiger partial charge in [0.15, 0.2) is 0 Å². The molecule has 0 atom stereocenters. The van der Waals surface area contributed by atoms with Crippen molar-refractivity contribution in [2.45, 2.75) is 12.7 Å². The first-order chi connectivity index (χ1) is 12.9. The van der Waals surface area contributed by atoms with Crippen molar-refractivity contribution in [2.24, 2.45) is 0 Å². The zero-order chi connectivity index (χ0) is 19.3. The molecule has 0 N–H and O–H groups in total. The van der Waals surface area contributed by atoms with Crippen LogP contribution in [0.25, 0.3) is 6.08 Å². The van der Waals surface area contributed by atoms with Crippen molar-refractivity contribution >= 4 is 12.0 Å². The van der Waals surface area contributed by atoms with Gasteiger partial charge >= 0.3 is 6.18 Å². The number of benzene rings is 2. The molecular formula is C21H21F3N2O. The Morgan fingerprint density at radius 2 is 1.67 bits per heavy atom. The summed E-state index contributed by atoms with van der Waals surface area (Å²) in [7, 11) is 0. The lowest BCUT2D eigenvalue weighted by atomic mass is 10.1. The lowest BCUT2D eigenvalue weighted by molar-refractivity contribution is -0.137. The highest BCUT2D eigenvalue weighted by Gasteiger charge is 2.30. The second-order valence-electron chi connectivity index (χ2n) is 6.54. The van der Waals surface area contributed by atoms with Crippen molar-refractivity contribution in [3.8, 4) is 0 Å². The quantitative estimate of drug-likeness (QED) is 0.754. The van der Waals surface area contributed by atoms with Crippen LogP contribution in [0.4, 0.5) is 13.2 Å². The summed E-state index contributed by atoms with van der Waals surface area (Å²) in [6.07, 6.45) is -1.60. The second-order valence-corrected chi connectivity index (χ2v) is 6.54. The molecule has 1 aliphatic rings. The predicted molar refractivity (Wildman–Crippen MR) is 98.8 cm³/mol. The molecule has 1 saturated heterocycles. The number of carbonyl (C=O) groups excluding carboxylic acids is 1. The molecule has 0 aromatic heterocycles. The van der Waals surface area contributed by atoms with Gasteiger partial charge in [0.2, 0.25) is 5.91 Å². The average molecular weight is 374 g/mol. The number of rotatable bonds is 4. The summed E-state index contributed by atoms with van der Waals surface area (Å²) in [4.78, 5) is 16.3. The molecule has 2 aromatic rings. The van der Waals surface area contributed by atoms with Gasteiger partial charge in [0.1, 0.15) is 0 Å². The third-order valence-corrected chi connectivity index (χ3v) is 4.57. The van der Waals surface area contributed by atoms with Crippen LogP contribution in [0.15, 0.2) is 60.7 Å². The molecule has 6 heteroatoms. The Morgan fingerprint density at radius 1 is 0.963 bits per heavy atom. The predicted octanol–water partition coefficient (Wildman–Crippen LogP) is 4.06. The van der Waals surface area contributed by atoms with Crippen LogP contribution in [0.3, 0.4) is 0 Å². The average Bonchev–Trinajstić information content (AvgIpc) is 2.67. The number of alkyl halides is 3. The van der Waals surface area contributed by atoms with Gasteiger partial charge in [-0.25, -0.2) is 0 Å². The van der Waals surface area contributed by atoms with Crippen LogP contribution in [0, 0.1) is 0 Å². The number of carbonyl (C=O) groups is 1. The van der Waals surface area contributed by atoms with Crippen LogP contribution in [0.2, 0.25) is 0 Å². The van der Waals surface area contributed by atoms with E-state index in [2.05, 4.69) is 17.0 Å². The minimum absolute atomic E-state index is 0.174. The van der Waals surface area contributed by atoms with Crippen molar-refractivity contribution in [3.05, 3.63) is 77.4 Å². The van der Waals surface area contributed by atoms with Gasteiger partial charge in [-0.15, -0.1) is 0 Å². The van der Waals surface area contributed by atoms with E-state index in [9.17, 15) is 18.0 Å². The molecule has 1 fully saturated rings. The maximum absolute atomic E-state index is 12.7. The van der Waals surface area contributed by atoms with Gasteiger partial charge in [-0.2, -0.15) is 13.2 Å². The Balaban J connectivity index is 1.53. The highest BCUT2D eigenvalue weighted by Crippen LogP contribution is 2.29. The van der Waals surface area contributed by atoms with E-state index in [1.54, 1.807) is 11.0 Å². The third-order valence-electron chi connectivity index (χ3n) is 4.57. The van der Waals surface area contributed by atoms with Crippen LogP contribution in [-0.4, -0.2) is 41.9 Å². The van der Waals surface area contributed by atoms with Gasteiger partial charge in [-0.05, 0) is 29.3 Å². The Labute approximate surface area is 156 Å². The lowest BCUT2D eigenvalue weighted by Gasteiger charge is -2.34. The number of hydrogen-bond donors (Lipinski definition) is 0. The molecule has 3 nitrogen and oxygen atoms in total. The van der Waals surface area contributed by atoms with Crippen molar-refractivity contribution in [2.75, 3.05) is 26.2 Å². The summed E-state index contributed by atoms with van der Waals surface area (Å²) in [5.41, 5.74) is 0.884. The highest BCUT2D eigenvalue weighted by atomic mass is 19.4. The fourth-order valence-electron chi connectivity index (χ4n) is 3.06. The van der Waals surface area contributed by atoms with Gasteiger partial charge in [0.05, 0.1) is 5.56 Å². The number of halogens is 3. The maximum Gasteiger partial charge on any atom is 0.416 e. The summed E-state index contributed by atoms with van der Waals surface area (Å²) in [5.74, 6) is -0.174. The third kappa shape index (κ3) is 5.44. The molecule has 0 spiro atoms. The van der Waals surface area contributed by atoms with E-state index in [4.69, 9.17) is 0 Å². The molecule has 27 heavy (non-hydrogen) atoms. The highest BCUT2D eigenvalue weighted by molar-refractivity contribution is 5.91. The minimum atomic E-state index is -4.39. The zero-order valence-corrected chi connectivity index (χ0v) is 14.8. The molecular weight excluding hydrogens is 353 g/mol. The number of hydrogen-bond acceptors (Lipinski definition) is 2. The Hall–Kier alpha value is -2.60. The van der Waals surface area contributed by atoms with Crippen molar-refractivity contribution < 1.29 is 18.0 Å². The minimum Gasteiger partial charge on any atom is -0.337 e. The first-order valence-corrected chi connectivity index (χ1v) is 8.82. The molecule has 0 unspecified atom stereocenters. The largest absolute Gasteiger partial charge is 0.416 e. The molecule has 2 aromatic carbocycles. The van der Waals surface area contributed by atoms with Gasteiger partial charge < -0.3 is 4.90 Å². The normalized spacial score (nSPS) is 16.0. The lowest BCUT2D eigenvalue weighted by Crippen LogP contribution is -2.47. The van der Waals surface area contributed by atoms with Crippen LogP contribution < -0.4 is 0 Å². The van der Waals surface area contributed by atoms with E-state index >= 15 is 0 Å². The molecule has 1 amide bonds. The molecule has 1 heterocycles. The topological polar surface area (TPSA) is 23.6 Å². The first-order valence-electron chi connectivity index (χ1n) is 8.82. The fraction of sp³-hybridized carbons (Fsp3) is 0.286. The zero-order valence-electron chi connectivity index (χ0n) is 14.8. The van der Waals surface area contributed by atoms with Gasteiger partial charge in [-0.3, -0.25) is 9.69 Å². The van der Waals surface area contributed by atoms with Gasteiger partial charge in [-0.1, -0.05) is 42.5 Å². The second kappa shape index (κ2) is 8.39. The summed E-state index contributed by atoms with van der Waals surface area (Å²) >= 11 is 0. The number of piperazine rings is 1. The van der Waals surface area contributed by atoms with E-state index in [1.807, 2.05) is 18.2 Å². The molecule has 0 radical (unpaired) electrons. The number of nitrogens with zero attached hydrogens (tertiary/aromatic N) is 2. The fourth-order valence-corrected chi connectivity index (χ4v) is 3.06. The summed E-state index contributed by atoms with van der Waals surface area (Å²) in [6.45, 7) is 3.62. The van der Waals surface area contributed by atoms with E-state index in [0.29, 0.717) is 18.7 Å². The van der Waals surface area contributed by atoms with Crippen molar-refractivity contribution in [3.63, 3.8) is 0 Å². The van der Waals surface area contributed by atoms with Crippen LogP contribution in [-0.2, 0) is 17.5 Å². The van der Waals surface area contributed by atoms with Crippen LogP contribution in [0.5, 0.6) is 0 Å². The summed E-state index contributed by atoms with van der Waals surface area (Å²) in [5, 5.41) is 0. The molecule has 142 valence electrons. The molecule has 0 aliphatic carbocycles. The Bertz CT molecular complexity index is 795. The standard InChI is InChI=1S/C21H21F3N2O/c22-21(23,24)19-8-4-7-17(15-19)9-10-20(27)26-13-11-25(12-14-26)16-18-5-2-1-3-6-18/h1-10,15H,11-14,16H2/b10-9+. The van der Waals surface area contributed by atoms with Crippen molar-refractivity contribution in [1.29, 1.82) is 0 Å². The molecule has 0 saturated carbocycles. The SMILES string of the molecule is O=C(/C=C/c1cccc(C(F)(F)F)c1)N1CCN(Cc2ccccc2)CC1. The summed E-state index contributed by atoms with van der Waals surface area (Å²) < 4.78 is 38.2. The van der Waals surface area contributed by atoms with Crippen molar-refractivity contribution in [1.82, 2.24) is 9.80 Å². The maximum atomic E-state index is 12.7. The van der Waals surface area contributed by atoms with E-state index in [0.717, 1.165) is 31.8 Å². The van der Waals surface area contributed by atoms with E-state index in [-0.39, 0.29) is 5.91 Å². The molecule has 3 rings (SSSR count). The van der Waals surface area contributed by atoms with Gasteiger partial charge in [0, 0.05) is 38.8 Å². The Kier molecular flexibility index (Phi) is 5.96. The number of amides is 1. The Morgan fingerprint density at radius 3 is 2.33 bits per heavy atom. The molecule has 1 aliphatic heterocycles.